The Morgan fingerprint density at radius 1 is 1.12 bits per heavy atom. The number of benzene rings is 1. The lowest BCUT2D eigenvalue weighted by Gasteiger charge is -2.08. The Kier molecular flexibility index (Phi) is 5.16. The molecule has 0 saturated heterocycles. The second-order valence-electron chi connectivity index (χ2n) is 3.56. The molecule has 2 N–H and O–H groups in total. The van der Waals surface area contributed by atoms with Crippen LogP contribution in [0.25, 0.3) is 0 Å². The number of hydrogen-bond acceptors (Lipinski definition) is 3. The minimum Gasteiger partial charge on any atom is -0.481 e. The first-order valence-corrected chi connectivity index (χ1v) is 5.18. The Hall–Kier alpha value is -1.88. The fourth-order valence-corrected chi connectivity index (χ4v) is 1.32. The molecule has 0 amide bonds. The summed E-state index contributed by atoms with van der Waals surface area (Å²) in [5, 5.41) is 17.2. The van der Waals surface area contributed by atoms with Crippen LogP contribution in [-0.4, -0.2) is 28.8 Å². The van der Waals surface area contributed by atoms with E-state index in [4.69, 9.17) is 14.9 Å². The molecule has 0 spiro atoms. The van der Waals surface area contributed by atoms with Gasteiger partial charge in [0.1, 0.15) is 0 Å². The summed E-state index contributed by atoms with van der Waals surface area (Å²) in [6.45, 7) is 0.463. The third-order valence-corrected chi connectivity index (χ3v) is 2.26. The van der Waals surface area contributed by atoms with Crippen LogP contribution in [0.2, 0.25) is 0 Å². The van der Waals surface area contributed by atoms with Crippen LogP contribution in [0.5, 0.6) is 0 Å². The minimum absolute atomic E-state index is 0.0303. The monoisotopic (exact) mass is 238 g/mol. The van der Waals surface area contributed by atoms with Gasteiger partial charge in [-0.1, -0.05) is 30.3 Å². The number of carbonyl (C=O) groups is 2. The van der Waals surface area contributed by atoms with Crippen LogP contribution in [0.4, 0.5) is 0 Å². The Morgan fingerprint density at radius 2 is 1.71 bits per heavy atom. The molecule has 17 heavy (non-hydrogen) atoms. The predicted octanol–water partition coefficient (Wildman–Crippen LogP) is 1.38. The molecule has 0 aliphatic carbocycles. The van der Waals surface area contributed by atoms with E-state index in [1.165, 1.54) is 0 Å². The number of ether oxygens (including phenoxy) is 1. The van der Waals surface area contributed by atoms with Crippen LogP contribution < -0.4 is 0 Å². The van der Waals surface area contributed by atoms with Gasteiger partial charge in [-0.05, 0) is 12.0 Å². The third-order valence-electron chi connectivity index (χ3n) is 2.26. The molecule has 5 heteroatoms. The van der Waals surface area contributed by atoms with Crippen LogP contribution >= 0.6 is 0 Å². The van der Waals surface area contributed by atoms with Gasteiger partial charge in [-0.25, -0.2) is 0 Å². The van der Waals surface area contributed by atoms with Crippen molar-refractivity contribution in [3.63, 3.8) is 0 Å². The molecule has 5 nitrogen and oxygen atoms in total. The second-order valence-corrected chi connectivity index (χ2v) is 3.56. The maximum absolute atomic E-state index is 10.6. The highest BCUT2D eigenvalue weighted by atomic mass is 16.5. The maximum Gasteiger partial charge on any atom is 0.317 e. The number of rotatable bonds is 7. The minimum atomic E-state index is -1.40. The quantitative estimate of drug-likeness (QED) is 0.553. The molecule has 0 atom stereocenters. The number of carboxylic acids is 2. The molecule has 1 aromatic rings. The van der Waals surface area contributed by atoms with E-state index in [2.05, 4.69) is 0 Å². The summed E-state index contributed by atoms with van der Waals surface area (Å²) in [6, 6.07) is 9.39. The van der Waals surface area contributed by atoms with Crippen LogP contribution in [0.3, 0.4) is 0 Å². The fourth-order valence-electron chi connectivity index (χ4n) is 1.32. The van der Waals surface area contributed by atoms with Crippen molar-refractivity contribution in [2.24, 2.45) is 5.92 Å². The summed E-state index contributed by atoms with van der Waals surface area (Å²) in [4.78, 5) is 21.1. The average Bonchev–Trinajstić information content (AvgIpc) is 2.29. The van der Waals surface area contributed by atoms with Crippen molar-refractivity contribution in [2.75, 3.05) is 6.61 Å². The van der Waals surface area contributed by atoms with E-state index in [-0.39, 0.29) is 13.0 Å². The van der Waals surface area contributed by atoms with E-state index in [1.807, 2.05) is 30.3 Å². The lowest BCUT2D eigenvalue weighted by molar-refractivity contribution is -0.155. The van der Waals surface area contributed by atoms with Crippen molar-refractivity contribution in [3.8, 4) is 0 Å². The smallest absolute Gasteiger partial charge is 0.317 e. The van der Waals surface area contributed by atoms with Gasteiger partial charge >= 0.3 is 11.9 Å². The largest absolute Gasteiger partial charge is 0.481 e. The lowest BCUT2D eigenvalue weighted by atomic mass is 10.1. The zero-order valence-electron chi connectivity index (χ0n) is 9.20. The molecular formula is C12H14O5. The molecule has 0 fully saturated rings. The van der Waals surface area contributed by atoms with Crippen LogP contribution in [0.15, 0.2) is 30.3 Å². The Balaban J connectivity index is 2.28. The van der Waals surface area contributed by atoms with Crippen molar-refractivity contribution in [3.05, 3.63) is 35.9 Å². The highest BCUT2D eigenvalue weighted by Crippen LogP contribution is 2.06. The van der Waals surface area contributed by atoms with Gasteiger partial charge in [-0.2, -0.15) is 0 Å². The van der Waals surface area contributed by atoms with Crippen molar-refractivity contribution in [2.45, 2.75) is 13.0 Å². The summed E-state index contributed by atoms with van der Waals surface area (Å²) in [7, 11) is 0. The van der Waals surface area contributed by atoms with E-state index < -0.39 is 17.9 Å². The van der Waals surface area contributed by atoms with Gasteiger partial charge in [-0.15, -0.1) is 0 Å². The van der Waals surface area contributed by atoms with Gasteiger partial charge in [0, 0.05) is 6.61 Å². The van der Waals surface area contributed by atoms with Crippen LogP contribution in [0, 0.1) is 5.92 Å². The normalized spacial score (nSPS) is 10.4. The van der Waals surface area contributed by atoms with Gasteiger partial charge in [0.2, 0.25) is 0 Å². The fraction of sp³-hybridized carbons (Fsp3) is 0.333. The SMILES string of the molecule is O=C(O)C(CCOCc1ccccc1)C(=O)O. The summed E-state index contributed by atoms with van der Waals surface area (Å²) < 4.78 is 5.22. The highest BCUT2D eigenvalue weighted by molar-refractivity contribution is 5.92. The van der Waals surface area contributed by atoms with Crippen LogP contribution in [0.1, 0.15) is 12.0 Å². The molecule has 0 aliphatic heterocycles. The summed E-state index contributed by atoms with van der Waals surface area (Å²) >= 11 is 0. The molecule has 0 unspecified atom stereocenters. The van der Waals surface area contributed by atoms with E-state index in [0.717, 1.165) is 5.56 Å². The van der Waals surface area contributed by atoms with Gasteiger partial charge in [0.25, 0.3) is 0 Å². The predicted molar refractivity (Wildman–Crippen MR) is 59.5 cm³/mol. The number of aliphatic carboxylic acids is 2. The highest BCUT2D eigenvalue weighted by Gasteiger charge is 2.24. The molecule has 0 bridgehead atoms. The Labute approximate surface area is 98.6 Å². The topological polar surface area (TPSA) is 83.8 Å². The Bertz CT molecular complexity index is 360. The van der Waals surface area contributed by atoms with E-state index >= 15 is 0 Å². The summed E-state index contributed by atoms with van der Waals surface area (Å²) in [5.41, 5.74) is 0.967. The van der Waals surface area contributed by atoms with Gasteiger partial charge in [-0.3, -0.25) is 9.59 Å². The molecule has 92 valence electrons. The first-order chi connectivity index (χ1) is 8.11. The summed E-state index contributed by atoms with van der Waals surface area (Å²) in [6.07, 6.45) is -0.0303. The summed E-state index contributed by atoms with van der Waals surface area (Å²) in [5.74, 6) is -4.06. The average molecular weight is 238 g/mol. The molecule has 0 radical (unpaired) electrons. The van der Waals surface area contributed by atoms with E-state index in [9.17, 15) is 9.59 Å². The molecule has 1 aromatic carbocycles. The standard InChI is InChI=1S/C12H14O5/c13-11(14)10(12(15)16)6-7-17-8-9-4-2-1-3-5-9/h1-5,10H,6-8H2,(H,13,14)(H,15,16). The molecule has 1 rings (SSSR count). The van der Waals surface area contributed by atoms with E-state index in [0.29, 0.717) is 6.61 Å². The third kappa shape index (κ3) is 4.65. The van der Waals surface area contributed by atoms with Gasteiger partial charge in [0.15, 0.2) is 5.92 Å². The van der Waals surface area contributed by atoms with Crippen molar-refractivity contribution < 1.29 is 24.5 Å². The van der Waals surface area contributed by atoms with Gasteiger partial charge < -0.3 is 14.9 Å². The van der Waals surface area contributed by atoms with E-state index in [1.54, 1.807) is 0 Å². The maximum atomic E-state index is 10.6. The first kappa shape index (κ1) is 13.2. The zero-order valence-corrected chi connectivity index (χ0v) is 9.20. The molecule has 0 aliphatic rings. The van der Waals surface area contributed by atoms with Crippen LogP contribution in [-0.2, 0) is 20.9 Å². The van der Waals surface area contributed by atoms with Crippen molar-refractivity contribution in [1.82, 2.24) is 0 Å². The molecule has 0 heterocycles. The van der Waals surface area contributed by atoms with Gasteiger partial charge in [0.05, 0.1) is 6.61 Å². The number of hydrogen-bond donors (Lipinski definition) is 2. The van der Waals surface area contributed by atoms with Crippen molar-refractivity contribution >= 4 is 11.9 Å². The zero-order chi connectivity index (χ0) is 12.7. The Morgan fingerprint density at radius 3 is 2.24 bits per heavy atom. The molecule has 0 saturated carbocycles. The second kappa shape index (κ2) is 6.65. The van der Waals surface area contributed by atoms with Crippen molar-refractivity contribution in [1.29, 1.82) is 0 Å². The lowest BCUT2D eigenvalue weighted by Crippen LogP contribution is -2.24. The number of carboxylic acid groups (broad SMARTS) is 2. The first-order valence-electron chi connectivity index (χ1n) is 5.18. The molecule has 0 aromatic heterocycles. The molecular weight excluding hydrogens is 224 g/mol.